The van der Waals surface area contributed by atoms with Crippen LogP contribution >= 0.6 is 0 Å². The molecule has 0 unspecified atom stereocenters. The topological polar surface area (TPSA) is 90.2 Å². The highest BCUT2D eigenvalue weighted by atomic mass is 15.0. The van der Waals surface area contributed by atoms with E-state index in [2.05, 4.69) is 150 Å². The Morgan fingerprint density at radius 2 is 0.603 bits per heavy atom. The number of hydrogen-bond acceptors (Lipinski definition) is 7. The third-order valence-corrected chi connectivity index (χ3v) is 12.1. The van der Waals surface area contributed by atoms with Gasteiger partial charge >= 0.3 is 0 Å². The summed E-state index contributed by atoms with van der Waals surface area (Å²) >= 11 is 0. The molecule has 0 aliphatic carbocycles. The Bertz CT molecular complexity index is 3470. The maximum Gasteiger partial charge on any atom is 0.164 e. The van der Waals surface area contributed by atoms with Crippen molar-refractivity contribution >= 4 is 0 Å². The summed E-state index contributed by atoms with van der Waals surface area (Å²) in [5.74, 6) is 2.56. The zero-order valence-electron chi connectivity index (χ0n) is 37.5. The largest absolute Gasteiger partial charge is 0.265 e. The number of pyridine rings is 2. The molecule has 7 aromatic carbocycles. The van der Waals surface area contributed by atoms with Crippen LogP contribution in [0, 0.1) is 13.8 Å². The van der Waals surface area contributed by atoms with Gasteiger partial charge in [-0.15, -0.1) is 0 Å². The summed E-state index contributed by atoms with van der Waals surface area (Å²) in [6.07, 6.45) is 3.67. The molecule has 0 bridgehead atoms. The van der Waals surface area contributed by atoms with E-state index in [1.165, 1.54) is 0 Å². The van der Waals surface area contributed by atoms with Crippen LogP contribution < -0.4 is 0 Å². The van der Waals surface area contributed by atoms with Gasteiger partial charge in [0.05, 0.1) is 11.4 Å². The molecule has 0 aliphatic heterocycles. The van der Waals surface area contributed by atoms with Gasteiger partial charge in [0.15, 0.2) is 23.3 Å². The molecule has 0 aliphatic rings. The first kappa shape index (κ1) is 41.6. The van der Waals surface area contributed by atoms with Crippen LogP contribution in [0.3, 0.4) is 0 Å². The van der Waals surface area contributed by atoms with Gasteiger partial charge in [-0.25, -0.2) is 24.9 Å². The fourth-order valence-corrected chi connectivity index (χ4v) is 8.53. The number of nitrogens with zero attached hydrogens (tertiary/aromatic N) is 7. The van der Waals surface area contributed by atoms with Crippen molar-refractivity contribution in [3.63, 3.8) is 0 Å². The van der Waals surface area contributed by atoms with Gasteiger partial charge in [0.1, 0.15) is 0 Å². The predicted molar refractivity (Wildman–Crippen MR) is 275 cm³/mol. The molecule has 0 radical (unpaired) electrons. The van der Waals surface area contributed by atoms with Crippen molar-refractivity contribution in [2.45, 2.75) is 13.8 Å². The Kier molecular flexibility index (Phi) is 11.3. The first-order valence-corrected chi connectivity index (χ1v) is 22.6. The molecule has 322 valence electrons. The van der Waals surface area contributed by atoms with Crippen LogP contribution in [-0.4, -0.2) is 34.9 Å². The normalized spacial score (nSPS) is 11.1. The van der Waals surface area contributed by atoms with Crippen molar-refractivity contribution < 1.29 is 0 Å². The van der Waals surface area contributed by atoms with Crippen molar-refractivity contribution in [3.05, 3.63) is 236 Å². The smallest absolute Gasteiger partial charge is 0.164 e. The molecular weight excluding hydrogens is 831 g/mol. The van der Waals surface area contributed by atoms with Crippen molar-refractivity contribution in [3.8, 4) is 113 Å². The lowest BCUT2D eigenvalue weighted by Gasteiger charge is -2.13. The van der Waals surface area contributed by atoms with E-state index < -0.39 is 0 Å². The number of aryl methyl sites for hydroxylation is 2. The average Bonchev–Trinajstić information content (AvgIpc) is 3.41. The highest BCUT2D eigenvalue weighted by Gasteiger charge is 2.16. The van der Waals surface area contributed by atoms with Crippen molar-refractivity contribution in [2.24, 2.45) is 0 Å². The lowest BCUT2D eigenvalue weighted by atomic mass is 9.93. The second-order valence-electron chi connectivity index (χ2n) is 16.7. The minimum Gasteiger partial charge on any atom is -0.265 e. The Balaban J connectivity index is 0.939. The molecule has 0 saturated heterocycles. The van der Waals surface area contributed by atoms with Gasteiger partial charge in [-0.3, -0.25) is 9.97 Å². The van der Waals surface area contributed by atoms with Gasteiger partial charge in [0.25, 0.3) is 0 Å². The van der Waals surface area contributed by atoms with Gasteiger partial charge in [0, 0.05) is 62.7 Å². The number of benzene rings is 7. The Morgan fingerprint density at radius 3 is 1.03 bits per heavy atom. The van der Waals surface area contributed by atoms with Gasteiger partial charge < -0.3 is 0 Å². The lowest BCUT2D eigenvalue weighted by Crippen LogP contribution is -2.00. The summed E-state index contributed by atoms with van der Waals surface area (Å²) in [4.78, 5) is 34.0. The summed E-state index contributed by atoms with van der Waals surface area (Å²) in [5, 5.41) is 0. The van der Waals surface area contributed by atoms with Crippen molar-refractivity contribution in [2.75, 3.05) is 0 Å². The molecule has 0 saturated carbocycles. The van der Waals surface area contributed by atoms with Crippen LogP contribution in [0.1, 0.15) is 11.4 Å². The SMILES string of the molecule is Cc1ccc(-c2ccc(-c3cc(-c4ccc(-c5cc(-c6ccncc6)cc(-c6ccc(-c7nc(-c8ccccc8)nc(-c8ccccc8)n7)cc6)c5)cc4)nc(-c4ccccc4)n3)cc2)c(C)n1. The molecular formula is C61H43N7. The molecule has 68 heavy (non-hydrogen) atoms. The summed E-state index contributed by atoms with van der Waals surface area (Å²) < 4.78 is 0. The van der Waals surface area contributed by atoms with Crippen LogP contribution in [-0.2, 0) is 0 Å². The van der Waals surface area contributed by atoms with E-state index in [1.807, 2.05) is 98.2 Å². The first-order valence-electron chi connectivity index (χ1n) is 22.6. The van der Waals surface area contributed by atoms with E-state index in [1.54, 1.807) is 0 Å². The standard InChI is InChI=1S/C61H43N7/c1-40-18-31-55(41(2)63-40)45-23-27-47(28-24-45)57-39-56(64-58(65-57)48-12-6-3-7-13-48)46-25-19-42(20-26-46)52-36-53(38-54(37-52)44-32-34-62-35-33-44)43-21-29-51(30-22-43)61-67-59(49-14-8-4-9-15-49)66-60(68-61)50-16-10-5-11-17-50/h3-39H,1-2H3. The first-order chi connectivity index (χ1) is 33.5. The maximum absolute atomic E-state index is 5.13. The second-order valence-corrected chi connectivity index (χ2v) is 16.7. The Hall–Kier alpha value is -9.07. The molecule has 0 spiro atoms. The van der Waals surface area contributed by atoms with Gasteiger partial charge in [0.2, 0.25) is 0 Å². The van der Waals surface area contributed by atoms with Crippen LogP contribution in [0.5, 0.6) is 0 Å². The minimum absolute atomic E-state index is 0.617. The molecule has 4 heterocycles. The highest BCUT2D eigenvalue weighted by molar-refractivity contribution is 5.83. The zero-order chi connectivity index (χ0) is 45.8. The van der Waals surface area contributed by atoms with E-state index >= 15 is 0 Å². The maximum atomic E-state index is 5.13. The molecule has 11 aromatic rings. The third-order valence-electron chi connectivity index (χ3n) is 12.1. The quantitative estimate of drug-likeness (QED) is 0.135. The van der Waals surface area contributed by atoms with E-state index in [-0.39, 0.29) is 0 Å². The van der Waals surface area contributed by atoms with Gasteiger partial charge in [-0.1, -0.05) is 170 Å². The molecule has 11 rings (SSSR count). The molecule has 7 nitrogen and oxygen atoms in total. The predicted octanol–water partition coefficient (Wildman–Crippen LogP) is 14.7. The van der Waals surface area contributed by atoms with Gasteiger partial charge in [-0.2, -0.15) is 0 Å². The van der Waals surface area contributed by atoms with Crippen LogP contribution in [0.25, 0.3) is 113 Å². The average molecular weight is 874 g/mol. The monoisotopic (exact) mass is 873 g/mol. The third kappa shape index (κ3) is 8.84. The van der Waals surface area contributed by atoms with E-state index in [0.717, 1.165) is 101 Å². The van der Waals surface area contributed by atoms with Crippen LogP contribution in [0.4, 0.5) is 0 Å². The fraction of sp³-hybridized carbons (Fsp3) is 0.0328. The molecule has 7 heteroatoms. The molecule has 0 N–H and O–H groups in total. The summed E-state index contributed by atoms with van der Waals surface area (Å²) in [5.41, 5.74) is 18.2. The number of aromatic nitrogens is 7. The van der Waals surface area contributed by atoms with Gasteiger partial charge in [-0.05, 0) is 95.3 Å². The van der Waals surface area contributed by atoms with Crippen LogP contribution in [0.15, 0.2) is 225 Å². The second kappa shape index (κ2) is 18.4. The lowest BCUT2D eigenvalue weighted by molar-refractivity contribution is 1.07. The Labute approximate surface area is 395 Å². The van der Waals surface area contributed by atoms with Crippen molar-refractivity contribution in [1.29, 1.82) is 0 Å². The highest BCUT2D eigenvalue weighted by Crippen LogP contribution is 2.36. The molecule has 0 atom stereocenters. The van der Waals surface area contributed by atoms with Crippen molar-refractivity contribution in [1.82, 2.24) is 34.9 Å². The van der Waals surface area contributed by atoms with E-state index in [4.69, 9.17) is 24.9 Å². The molecule has 0 amide bonds. The van der Waals surface area contributed by atoms with E-state index in [0.29, 0.717) is 23.3 Å². The zero-order valence-corrected chi connectivity index (χ0v) is 37.5. The summed E-state index contributed by atoms with van der Waals surface area (Å²) in [7, 11) is 0. The fourth-order valence-electron chi connectivity index (χ4n) is 8.53. The summed E-state index contributed by atoms with van der Waals surface area (Å²) in [6, 6.07) is 73.1. The Morgan fingerprint density at radius 1 is 0.250 bits per heavy atom. The molecule has 0 fully saturated rings. The number of hydrogen-bond donors (Lipinski definition) is 0. The summed E-state index contributed by atoms with van der Waals surface area (Å²) in [6.45, 7) is 4.08. The molecule has 4 aromatic heterocycles. The van der Waals surface area contributed by atoms with E-state index in [9.17, 15) is 0 Å². The minimum atomic E-state index is 0.617. The van der Waals surface area contributed by atoms with Crippen LogP contribution in [0.2, 0.25) is 0 Å². The number of rotatable bonds is 10.